The Kier molecular flexibility index (Phi) is 8.18. The second-order valence-corrected chi connectivity index (χ2v) is 12.4. The molecule has 0 saturated carbocycles. The van der Waals surface area contributed by atoms with Crippen molar-refractivity contribution in [1.29, 1.82) is 0 Å². The van der Waals surface area contributed by atoms with Crippen LogP contribution in [0, 0.1) is 5.92 Å². The van der Waals surface area contributed by atoms with E-state index in [1.807, 2.05) is 77.5 Å². The lowest BCUT2D eigenvalue weighted by atomic mass is 9.77. The monoisotopic (exact) mass is 660 g/mol. The highest BCUT2D eigenvalue weighted by atomic mass is 35.5. The second-order valence-electron chi connectivity index (χ2n) is 11.6. The standard InChI is InChI=1S/C38H30Cl2N4O3/c39-31-17-10-18-32(40)34(31)25-19-20-33-30(23-25)35(41-36(45)26-21-22-43(24-26)37(46)47)42-44(33)38(27-11-4-1-5-12-27,28-13-6-2-7-14-28)29-15-8-3-9-16-29/h1-20,23,26H,21-22,24H2,(H,46,47)(H,41,42,45)/t26-/m0/s1. The van der Waals surface area contributed by atoms with Crippen LogP contribution in [0.1, 0.15) is 23.1 Å². The molecule has 7 nitrogen and oxygen atoms in total. The van der Waals surface area contributed by atoms with Crippen LogP contribution >= 0.6 is 23.2 Å². The van der Waals surface area contributed by atoms with Gasteiger partial charge in [0.05, 0.1) is 11.4 Å². The van der Waals surface area contributed by atoms with Crippen molar-refractivity contribution in [3.63, 3.8) is 0 Å². The lowest BCUT2D eigenvalue weighted by Crippen LogP contribution is -2.38. The van der Waals surface area contributed by atoms with E-state index in [2.05, 4.69) is 41.7 Å². The molecule has 0 unspecified atom stereocenters. The van der Waals surface area contributed by atoms with Crippen LogP contribution in [0.2, 0.25) is 10.0 Å². The zero-order chi connectivity index (χ0) is 32.5. The molecule has 0 spiro atoms. The molecule has 47 heavy (non-hydrogen) atoms. The number of likely N-dealkylation sites (tertiary alicyclic amines) is 1. The van der Waals surface area contributed by atoms with E-state index in [9.17, 15) is 14.7 Å². The number of aromatic nitrogens is 2. The van der Waals surface area contributed by atoms with E-state index in [0.29, 0.717) is 39.8 Å². The highest BCUT2D eigenvalue weighted by Gasteiger charge is 2.41. The number of hydrogen-bond donors (Lipinski definition) is 2. The third-order valence-electron chi connectivity index (χ3n) is 8.89. The first kappa shape index (κ1) is 30.5. The number of rotatable bonds is 7. The number of carbonyl (C=O) groups excluding carboxylic acids is 1. The molecule has 1 aliphatic heterocycles. The van der Waals surface area contributed by atoms with Crippen molar-refractivity contribution in [3.05, 3.63) is 154 Å². The van der Waals surface area contributed by atoms with E-state index >= 15 is 0 Å². The Labute approximate surface area is 282 Å². The molecule has 2 N–H and O–H groups in total. The Morgan fingerprint density at radius 3 is 1.83 bits per heavy atom. The number of nitrogens with one attached hydrogen (secondary N) is 1. The van der Waals surface area contributed by atoms with Gasteiger partial charge in [-0.3, -0.25) is 4.79 Å². The maximum atomic E-state index is 13.7. The van der Waals surface area contributed by atoms with Gasteiger partial charge in [-0.15, -0.1) is 0 Å². The average Bonchev–Trinajstić information content (AvgIpc) is 3.73. The smallest absolute Gasteiger partial charge is 0.407 e. The molecule has 0 aliphatic carbocycles. The van der Waals surface area contributed by atoms with Crippen LogP contribution in [0.15, 0.2) is 127 Å². The number of anilines is 1. The van der Waals surface area contributed by atoms with Gasteiger partial charge in [0.2, 0.25) is 5.91 Å². The zero-order valence-electron chi connectivity index (χ0n) is 25.2. The number of hydrogen-bond acceptors (Lipinski definition) is 3. The predicted octanol–water partition coefficient (Wildman–Crippen LogP) is 8.79. The molecular formula is C38H30Cl2N4O3. The molecule has 1 fully saturated rings. The molecule has 1 atom stereocenters. The highest BCUT2D eigenvalue weighted by Crippen LogP contribution is 2.45. The minimum absolute atomic E-state index is 0.127. The SMILES string of the molecule is O=C(Nc1nn(C(c2ccccc2)(c2ccccc2)c2ccccc2)c2ccc(-c3c(Cl)cccc3Cl)cc12)[C@H]1CCN(C(=O)O)C1. The van der Waals surface area contributed by atoms with E-state index in [4.69, 9.17) is 28.3 Å². The van der Waals surface area contributed by atoms with Gasteiger partial charge >= 0.3 is 6.09 Å². The van der Waals surface area contributed by atoms with Crippen LogP contribution in [0.4, 0.5) is 10.6 Å². The van der Waals surface area contributed by atoms with Crippen molar-refractivity contribution < 1.29 is 14.7 Å². The minimum atomic E-state index is -1.03. The fraction of sp³-hybridized carbons (Fsp3) is 0.132. The van der Waals surface area contributed by atoms with Crippen molar-refractivity contribution >= 4 is 51.9 Å². The fourth-order valence-corrected chi connectivity index (χ4v) is 7.28. The van der Waals surface area contributed by atoms with Crippen LogP contribution in [-0.4, -0.2) is 44.9 Å². The second kappa shape index (κ2) is 12.6. The fourth-order valence-electron chi connectivity index (χ4n) is 6.67. The largest absolute Gasteiger partial charge is 0.465 e. The van der Waals surface area contributed by atoms with Crippen LogP contribution < -0.4 is 5.32 Å². The normalized spacial score (nSPS) is 14.8. The van der Waals surface area contributed by atoms with Crippen LogP contribution in [0.3, 0.4) is 0 Å². The van der Waals surface area contributed by atoms with Crippen molar-refractivity contribution in [2.45, 2.75) is 12.0 Å². The maximum absolute atomic E-state index is 13.7. The lowest BCUT2D eigenvalue weighted by Gasteiger charge is -2.37. The molecule has 7 rings (SSSR count). The maximum Gasteiger partial charge on any atom is 0.407 e. The Morgan fingerprint density at radius 1 is 0.766 bits per heavy atom. The topological polar surface area (TPSA) is 87.5 Å². The molecule has 2 amide bonds. The van der Waals surface area contributed by atoms with Gasteiger partial charge in [-0.2, -0.15) is 5.10 Å². The number of carboxylic acid groups (broad SMARTS) is 1. The summed E-state index contributed by atoms with van der Waals surface area (Å²) in [7, 11) is 0. The summed E-state index contributed by atoms with van der Waals surface area (Å²) < 4.78 is 1.98. The number of amides is 2. The molecule has 234 valence electrons. The number of nitrogens with zero attached hydrogens (tertiary/aromatic N) is 3. The van der Waals surface area contributed by atoms with Gasteiger partial charge in [-0.1, -0.05) is 126 Å². The van der Waals surface area contributed by atoms with Crippen molar-refractivity contribution in [1.82, 2.24) is 14.7 Å². The molecular weight excluding hydrogens is 631 g/mol. The van der Waals surface area contributed by atoms with Crippen molar-refractivity contribution in [2.24, 2.45) is 5.92 Å². The Hall–Kier alpha value is -5.11. The first-order valence-corrected chi connectivity index (χ1v) is 16.1. The summed E-state index contributed by atoms with van der Waals surface area (Å²) in [5.41, 5.74) is 4.20. The van der Waals surface area contributed by atoms with Gasteiger partial charge in [-0.25, -0.2) is 9.48 Å². The summed E-state index contributed by atoms with van der Waals surface area (Å²) in [6.45, 7) is 0.430. The summed E-state index contributed by atoms with van der Waals surface area (Å²) in [5.74, 6) is -0.434. The number of carbonyl (C=O) groups is 2. The van der Waals surface area contributed by atoms with Crippen LogP contribution in [0.25, 0.3) is 22.0 Å². The van der Waals surface area contributed by atoms with Crippen molar-refractivity contribution in [2.75, 3.05) is 18.4 Å². The van der Waals surface area contributed by atoms with E-state index in [0.717, 1.165) is 27.8 Å². The summed E-state index contributed by atoms with van der Waals surface area (Å²) >= 11 is 13.3. The summed E-state index contributed by atoms with van der Waals surface area (Å²) in [6.07, 6.45) is -0.603. The third-order valence-corrected chi connectivity index (χ3v) is 9.52. The van der Waals surface area contributed by atoms with E-state index in [1.54, 1.807) is 18.2 Å². The molecule has 1 saturated heterocycles. The van der Waals surface area contributed by atoms with Crippen molar-refractivity contribution in [3.8, 4) is 11.1 Å². The summed E-state index contributed by atoms with van der Waals surface area (Å²) in [4.78, 5) is 26.6. The summed E-state index contributed by atoms with van der Waals surface area (Å²) in [6, 6.07) is 41.8. The number of halogens is 2. The van der Waals surface area contributed by atoms with Gasteiger partial charge in [0.15, 0.2) is 5.82 Å². The van der Waals surface area contributed by atoms with Gasteiger partial charge < -0.3 is 15.3 Å². The zero-order valence-corrected chi connectivity index (χ0v) is 26.7. The Bertz CT molecular complexity index is 1970. The lowest BCUT2D eigenvalue weighted by molar-refractivity contribution is -0.119. The van der Waals surface area contributed by atoms with E-state index in [-0.39, 0.29) is 12.5 Å². The number of fused-ring (bicyclic) bond motifs is 1. The van der Waals surface area contributed by atoms with Crippen LogP contribution in [0.5, 0.6) is 0 Å². The summed E-state index contributed by atoms with van der Waals surface area (Å²) in [5, 5.41) is 19.5. The Balaban J connectivity index is 1.50. The molecule has 1 aliphatic rings. The van der Waals surface area contributed by atoms with Gasteiger partial charge in [0.25, 0.3) is 0 Å². The molecule has 6 aromatic rings. The van der Waals surface area contributed by atoms with E-state index in [1.165, 1.54) is 4.90 Å². The first-order chi connectivity index (χ1) is 22.9. The van der Waals surface area contributed by atoms with Crippen LogP contribution in [-0.2, 0) is 10.3 Å². The van der Waals surface area contributed by atoms with Gasteiger partial charge in [0.1, 0.15) is 5.54 Å². The Morgan fingerprint density at radius 2 is 1.32 bits per heavy atom. The molecule has 2 heterocycles. The van der Waals surface area contributed by atoms with Gasteiger partial charge in [0, 0.05) is 34.1 Å². The predicted molar refractivity (Wildman–Crippen MR) is 186 cm³/mol. The molecule has 0 radical (unpaired) electrons. The minimum Gasteiger partial charge on any atom is -0.465 e. The van der Waals surface area contributed by atoms with Gasteiger partial charge in [-0.05, 0) is 52.9 Å². The molecule has 1 aromatic heterocycles. The quantitative estimate of drug-likeness (QED) is 0.168. The molecule has 0 bridgehead atoms. The average molecular weight is 662 g/mol. The third kappa shape index (κ3) is 5.41. The molecule has 5 aromatic carbocycles. The first-order valence-electron chi connectivity index (χ1n) is 15.3. The molecule has 9 heteroatoms. The highest BCUT2D eigenvalue weighted by molar-refractivity contribution is 6.39. The van der Waals surface area contributed by atoms with E-state index < -0.39 is 17.6 Å². The number of benzene rings is 5.